The minimum atomic E-state index is -0.842. The monoisotopic (exact) mass is 356 g/mol. The molecule has 1 atom stereocenters. The number of hydrogen-bond acceptors (Lipinski definition) is 3. The number of rotatable bonds is 7. The number of carbonyl (C=O) groups is 2. The molecular formula is C17H29ClN4O2. The van der Waals surface area contributed by atoms with Gasteiger partial charge in [-0.2, -0.15) is 0 Å². The molecule has 136 valence electrons. The van der Waals surface area contributed by atoms with Gasteiger partial charge < -0.3 is 21.7 Å². The number of anilines is 1. The number of hydrogen-bond donors (Lipinski definition) is 4. The van der Waals surface area contributed by atoms with Crippen molar-refractivity contribution in [2.24, 2.45) is 5.73 Å². The zero-order chi connectivity index (χ0) is 17.5. The Balaban J connectivity index is 0.00000529. The first-order chi connectivity index (χ1) is 10.7. The Kier molecular flexibility index (Phi) is 9.40. The van der Waals surface area contributed by atoms with E-state index in [1.54, 1.807) is 19.1 Å². The van der Waals surface area contributed by atoms with Gasteiger partial charge in [-0.05, 0) is 44.9 Å². The van der Waals surface area contributed by atoms with Crippen LogP contribution in [0, 0.1) is 0 Å². The fourth-order valence-electron chi connectivity index (χ4n) is 2.15. The van der Waals surface area contributed by atoms with Gasteiger partial charge in [0.05, 0.1) is 5.54 Å². The predicted molar refractivity (Wildman–Crippen MR) is 100 cm³/mol. The molecule has 0 fully saturated rings. The van der Waals surface area contributed by atoms with E-state index < -0.39 is 5.54 Å². The van der Waals surface area contributed by atoms with Crippen LogP contribution < -0.4 is 21.7 Å². The van der Waals surface area contributed by atoms with E-state index in [0.29, 0.717) is 18.7 Å². The number of urea groups is 1. The van der Waals surface area contributed by atoms with Crippen LogP contribution in [0.4, 0.5) is 10.5 Å². The largest absolute Gasteiger partial charge is 0.350 e. The van der Waals surface area contributed by atoms with E-state index in [1.165, 1.54) is 0 Å². The Bertz CT molecular complexity index is 530. The second-order valence-electron chi connectivity index (χ2n) is 6.30. The second-order valence-corrected chi connectivity index (χ2v) is 6.30. The van der Waals surface area contributed by atoms with Gasteiger partial charge in [-0.1, -0.05) is 25.5 Å². The van der Waals surface area contributed by atoms with Gasteiger partial charge in [0.15, 0.2) is 0 Å². The third-order valence-corrected chi connectivity index (χ3v) is 3.37. The summed E-state index contributed by atoms with van der Waals surface area (Å²) in [5, 5.41) is 8.35. The van der Waals surface area contributed by atoms with Crippen LogP contribution in [-0.2, 0) is 11.3 Å². The van der Waals surface area contributed by atoms with E-state index in [2.05, 4.69) is 16.0 Å². The van der Waals surface area contributed by atoms with Crippen molar-refractivity contribution >= 4 is 30.0 Å². The summed E-state index contributed by atoms with van der Waals surface area (Å²) in [5.74, 6) is -0.155. The van der Waals surface area contributed by atoms with Crippen LogP contribution in [0.3, 0.4) is 0 Å². The maximum Gasteiger partial charge on any atom is 0.319 e. The molecule has 1 unspecified atom stereocenters. The lowest BCUT2D eigenvalue weighted by atomic mass is 9.96. The molecule has 1 aromatic carbocycles. The lowest BCUT2D eigenvalue weighted by Crippen LogP contribution is -2.51. The third kappa shape index (κ3) is 7.66. The summed E-state index contributed by atoms with van der Waals surface area (Å²) < 4.78 is 0. The molecule has 0 radical (unpaired) electrons. The highest BCUT2D eigenvalue weighted by Gasteiger charge is 2.26. The standard InChI is InChI=1S/C17H28N4O2.ClH/c1-5-10-17(4,18)15(22)19-11-13-6-8-14(9-7-13)21-16(23)20-12(2)3;/h6-9,12H,5,10-11,18H2,1-4H3,(H,19,22)(H2,20,21,23);1H. The fraction of sp³-hybridized carbons (Fsp3) is 0.529. The van der Waals surface area contributed by atoms with Gasteiger partial charge >= 0.3 is 6.03 Å². The van der Waals surface area contributed by atoms with Crippen LogP contribution in [0.25, 0.3) is 0 Å². The van der Waals surface area contributed by atoms with Crippen molar-refractivity contribution in [3.8, 4) is 0 Å². The summed E-state index contributed by atoms with van der Waals surface area (Å²) in [6, 6.07) is 7.17. The van der Waals surface area contributed by atoms with Gasteiger partial charge in [0.2, 0.25) is 5.91 Å². The molecule has 1 aromatic rings. The molecule has 0 aliphatic heterocycles. The highest BCUT2D eigenvalue weighted by atomic mass is 35.5. The van der Waals surface area contributed by atoms with Crippen molar-refractivity contribution in [3.05, 3.63) is 29.8 Å². The number of benzene rings is 1. The summed E-state index contributed by atoms with van der Waals surface area (Å²) in [5.41, 5.74) is 6.79. The lowest BCUT2D eigenvalue weighted by Gasteiger charge is -2.22. The first-order valence-electron chi connectivity index (χ1n) is 7.98. The van der Waals surface area contributed by atoms with Crippen molar-refractivity contribution in [2.75, 3.05) is 5.32 Å². The molecule has 0 saturated heterocycles. The summed E-state index contributed by atoms with van der Waals surface area (Å²) in [7, 11) is 0. The summed E-state index contributed by atoms with van der Waals surface area (Å²) >= 11 is 0. The van der Waals surface area contributed by atoms with E-state index in [1.807, 2.05) is 32.9 Å². The molecule has 7 heteroatoms. The normalized spacial score (nSPS) is 12.8. The molecule has 0 bridgehead atoms. The van der Waals surface area contributed by atoms with Gasteiger partial charge in [0, 0.05) is 18.3 Å². The topological polar surface area (TPSA) is 96.2 Å². The molecule has 5 N–H and O–H groups in total. The van der Waals surface area contributed by atoms with Crippen LogP contribution in [0.15, 0.2) is 24.3 Å². The molecular weight excluding hydrogens is 328 g/mol. The van der Waals surface area contributed by atoms with E-state index >= 15 is 0 Å². The Labute approximate surface area is 150 Å². The van der Waals surface area contributed by atoms with Crippen molar-refractivity contribution in [2.45, 2.75) is 58.7 Å². The number of nitrogens with one attached hydrogen (secondary N) is 3. The summed E-state index contributed by atoms with van der Waals surface area (Å²) in [6.07, 6.45) is 1.51. The van der Waals surface area contributed by atoms with Crippen molar-refractivity contribution in [3.63, 3.8) is 0 Å². The molecule has 6 nitrogen and oxygen atoms in total. The average molecular weight is 357 g/mol. The first-order valence-corrected chi connectivity index (χ1v) is 7.98. The molecule has 0 aromatic heterocycles. The Hall–Kier alpha value is -1.79. The Morgan fingerprint density at radius 3 is 2.29 bits per heavy atom. The number of halogens is 1. The van der Waals surface area contributed by atoms with E-state index in [4.69, 9.17) is 5.73 Å². The minimum Gasteiger partial charge on any atom is -0.350 e. The highest BCUT2D eigenvalue weighted by Crippen LogP contribution is 2.11. The van der Waals surface area contributed by atoms with Crippen molar-refractivity contribution < 1.29 is 9.59 Å². The maximum absolute atomic E-state index is 12.0. The zero-order valence-electron chi connectivity index (χ0n) is 14.8. The molecule has 0 saturated carbocycles. The van der Waals surface area contributed by atoms with Gasteiger partial charge in [0.1, 0.15) is 0 Å². The smallest absolute Gasteiger partial charge is 0.319 e. The summed E-state index contributed by atoms with van der Waals surface area (Å²) in [4.78, 5) is 23.6. The predicted octanol–water partition coefficient (Wildman–Crippen LogP) is 2.77. The van der Waals surface area contributed by atoms with Gasteiger partial charge in [-0.15, -0.1) is 12.4 Å². The molecule has 3 amide bonds. The van der Waals surface area contributed by atoms with E-state index in [-0.39, 0.29) is 30.4 Å². The van der Waals surface area contributed by atoms with Crippen LogP contribution in [-0.4, -0.2) is 23.5 Å². The Morgan fingerprint density at radius 1 is 1.21 bits per heavy atom. The number of carbonyl (C=O) groups excluding carboxylic acids is 2. The van der Waals surface area contributed by atoms with Crippen molar-refractivity contribution in [1.29, 1.82) is 0 Å². The number of amides is 3. The molecule has 0 spiro atoms. The summed E-state index contributed by atoms with van der Waals surface area (Å²) in [6.45, 7) is 7.95. The number of nitrogens with two attached hydrogens (primary N) is 1. The SMILES string of the molecule is CCCC(C)(N)C(=O)NCc1ccc(NC(=O)NC(C)C)cc1.Cl. The van der Waals surface area contributed by atoms with Gasteiger partial charge in [-0.3, -0.25) is 4.79 Å². The van der Waals surface area contributed by atoms with Crippen LogP contribution >= 0.6 is 12.4 Å². The van der Waals surface area contributed by atoms with Gasteiger partial charge in [0.25, 0.3) is 0 Å². The van der Waals surface area contributed by atoms with E-state index in [0.717, 1.165) is 12.0 Å². The first kappa shape index (κ1) is 22.2. The van der Waals surface area contributed by atoms with Crippen LogP contribution in [0.1, 0.15) is 46.1 Å². The zero-order valence-corrected chi connectivity index (χ0v) is 15.6. The Morgan fingerprint density at radius 2 is 1.79 bits per heavy atom. The van der Waals surface area contributed by atoms with Crippen LogP contribution in [0.2, 0.25) is 0 Å². The third-order valence-electron chi connectivity index (χ3n) is 3.37. The van der Waals surface area contributed by atoms with E-state index in [9.17, 15) is 9.59 Å². The molecule has 24 heavy (non-hydrogen) atoms. The molecule has 0 aliphatic carbocycles. The molecule has 0 heterocycles. The van der Waals surface area contributed by atoms with Crippen LogP contribution in [0.5, 0.6) is 0 Å². The highest BCUT2D eigenvalue weighted by molar-refractivity contribution is 5.89. The second kappa shape index (κ2) is 10.2. The van der Waals surface area contributed by atoms with Gasteiger partial charge in [-0.25, -0.2) is 4.79 Å². The average Bonchev–Trinajstić information content (AvgIpc) is 2.45. The minimum absolute atomic E-state index is 0. The maximum atomic E-state index is 12.0. The lowest BCUT2D eigenvalue weighted by molar-refractivity contribution is -0.126. The quantitative estimate of drug-likeness (QED) is 0.604. The van der Waals surface area contributed by atoms with Crippen molar-refractivity contribution in [1.82, 2.24) is 10.6 Å². The molecule has 1 rings (SSSR count). The molecule has 0 aliphatic rings. The fourth-order valence-corrected chi connectivity index (χ4v) is 2.15.